The van der Waals surface area contributed by atoms with Crippen LogP contribution in [0.25, 0.3) is 16.7 Å². The number of aryl methyl sites for hydroxylation is 1. The van der Waals surface area contributed by atoms with Gasteiger partial charge in [-0.25, -0.2) is 14.2 Å². The summed E-state index contributed by atoms with van der Waals surface area (Å²) in [6.45, 7) is 1.77. The number of rotatable bonds is 2. The van der Waals surface area contributed by atoms with Crippen LogP contribution in [0.15, 0.2) is 42.7 Å². The number of hydrogen-bond acceptors (Lipinski definition) is 2. The van der Waals surface area contributed by atoms with Gasteiger partial charge in [-0.3, -0.25) is 4.57 Å². The second-order valence-electron chi connectivity index (χ2n) is 4.50. The van der Waals surface area contributed by atoms with Gasteiger partial charge < -0.3 is 5.11 Å². The van der Waals surface area contributed by atoms with Gasteiger partial charge in [-0.05, 0) is 30.7 Å². The van der Waals surface area contributed by atoms with Crippen LogP contribution in [-0.4, -0.2) is 20.6 Å². The standard InChI is InChI=1S/C15H11FN2O2/c1-9-4-2-6-11(16)13(9)18-8-17-12-7-3-5-10(14(12)18)15(19)20/h2-8H,1H3,(H,19,20). The third kappa shape index (κ3) is 1.75. The second kappa shape index (κ2) is 4.45. The van der Waals surface area contributed by atoms with E-state index in [1.165, 1.54) is 23.0 Å². The van der Waals surface area contributed by atoms with E-state index in [4.69, 9.17) is 0 Å². The predicted molar refractivity (Wildman–Crippen MR) is 72.7 cm³/mol. The Morgan fingerprint density at radius 2 is 2.00 bits per heavy atom. The van der Waals surface area contributed by atoms with Crippen LogP contribution in [0.1, 0.15) is 15.9 Å². The predicted octanol–water partition coefficient (Wildman–Crippen LogP) is 3.17. The number of fused-ring (bicyclic) bond motifs is 1. The monoisotopic (exact) mass is 270 g/mol. The summed E-state index contributed by atoms with van der Waals surface area (Å²) >= 11 is 0. The van der Waals surface area contributed by atoms with Gasteiger partial charge in [0, 0.05) is 0 Å². The van der Waals surface area contributed by atoms with Gasteiger partial charge >= 0.3 is 5.97 Å². The maximum absolute atomic E-state index is 14.1. The molecule has 3 aromatic rings. The normalized spacial score (nSPS) is 10.9. The maximum Gasteiger partial charge on any atom is 0.337 e. The first-order valence-electron chi connectivity index (χ1n) is 6.04. The Balaban J connectivity index is 2.41. The number of aromatic carboxylic acids is 1. The smallest absolute Gasteiger partial charge is 0.337 e. The number of benzene rings is 2. The zero-order chi connectivity index (χ0) is 14.3. The fourth-order valence-electron chi connectivity index (χ4n) is 2.34. The van der Waals surface area contributed by atoms with Gasteiger partial charge in [0.25, 0.3) is 0 Å². The van der Waals surface area contributed by atoms with Gasteiger partial charge in [-0.1, -0.05) is 18.2 Å². The number of nitrogens with zero attached hydrogens (tertiary/aromatic N) is 2. The van der Waals surface area contributed by atoms with E-state index in [-0.39, 0.29) is 5.56 Å². The highest BCUT2D eigenvalue weighted by Crippen LogP contribution is 2.25. The Morgan fingerprint density at radius 3 is 2.70 bits per heavy atom. The average Bonchev–Trinajstić information content (AvgIpc) is 2.82. The van der Waals surface area contributed by atoms with E-state index in [1.807, 2.05) is 0 Å². The lowest BCUT2D eigenvalue weighted by molar-refractivity contribution is 0.0698. The van der Waals surface area contributed by atoms with Crippen molar-refractivity contribution in [3.63, 3.8) is 0 Å². The first-order chi connectivity index (χ1) is 9.59. The van der Waals surface area contributed by atoms with Crippen LogP contribution in [0.4, 0.5) is 4.39 Å². The van der Waals surface area contributed by atoms with Crippen molar-refractivity contribution in [3.8, 4) is 5.69 Å². The number of carboxylic acids is 1. The van der Waals surface area contributed by atoms with Crippen molar-refractivity contribution in [3.05, 3.63) is 59.7 Å². The fraction of sp³-hybridized carbons (Fsp3) is 0.0667. The number of carbonyl (C=O) groups is 1. The number of imidazole rings is 1. The van der Waals surface area contributed by atoms with Crippen molar-refractivity contribution < 1.29 is 14.3 Å². The van der Waals surface area contributed by atoms with Gasteiger partial charge in [0.1, 0.15) is 12.1 Å². The van der Waals surface area contributed by atoms with Gasteiger partial charge in [0.2, 0.25) is 0 Å². The van der Waals surface area contributed by atoms with Crippen molar-refractivity contribution in [2.75, 3.05) is 0 Å². The molecule has 5 heteroatoms. The molecule has 0 aliphatic heterocycles. The van der Waals surface area contributed by atoms with E-state index >= 15 is 0 Å². The Morgan fingerprint density at radius 1 is 1.25 bits per heavy atom. The first-order valence-corrected chi connectivity index (χ1v) is 6.04. The number of hydrogen-bond donors (Lipinski definition) is 1. The number of aromatic nitrogens is 2. The summed E-state index contributed by atoms with van der Waals surface area (Å²) in [5.74, 6) is -1.48. The van der Waals surface area contributed by atoms with Gasteiger partial charge in [-0.2, -0.15) is 0 Å². The fourth-order valence-corrected chi connectivity index (χ4v) is 2.34. The van der Waals surface area contributed by atoms with Gasteiger partial charge in [0.05, 0.1) is 22.3 Å². The first kappa shape index (κ1) is 12.3. The summed E-state index contributed by atoms with van der Waals surface area (Å²) in [4.78, 5) is 15.5. The van der Waals surface area contributed by atoms with E-state index < -0.39 is 11.8 Å². The Hall–Kier alpha value is -2.69. The number of carboxylic acid groups (broad SMARTS) is 1. The maximum atomic E-state index is 14.1. The minimum absolute atomic E-state index is 0.0997. The molecular weight excluding hydrogens is 259 g/mol. The van der Waals surface area contributed by atoms with Crippen LogP contribution >= 0.6 is 0 Å². The molecule has 0 aliphatic carbocycles. The molecule has 0 radical (unpaired) electrons. The lowest BCUT2D eigenvalue weighted by atomic mass is 10.1. The minimum atomic E-state index is -1.06. The summed E-state index contributed by atoms with van der Waals surface area (Å²) in [5.41, 5.74) is 2.05. The molecular formula is C15H11FN2O2. The molecule has 0 bridgehead atoms. The molecule has 3 rings (SSSR count). The quantitative estimate of drug-likeness (QED) is 0.778. The van der Waals surface area contributed by atoms with Crippen LogP contribution in [0.3, 0.4) is 0 Å². The Labute approximate surface area is 114 Å². The molecule has 0 spiro atoms. The van der Waals surface area contributed by atoms with Crippen molar-refractivity contribution in [1.82, 2.24) is 9.55 Å². The van der Waals surface area contributed by atoms with Crippen molar-refractivity contribution in [2.24, 2.45) is 0 Å². The summed E-state index contributed by atoms with van der Waals surface area (Å²) < 4.78 is 15.6. The topological polar surface area (TPSA) is 55.1 Å². The van der Waals surface area contributed by atoms with E-state index in [9.17, 15) is 14.3 Å². The molecule has 1 aromatic heterocycles. The van der Waals surface area contributed by atoms with E-state index in [1.54, 1.807) is 31.2 Å². The van der Waals surface area contributed by atoms with E-state index in [2.05, 4.69) is 4.98 Å². The molecule has 4 nitrogen and oxygen atoms in total. The van der Waals surface area contributed by atoms with Gasteiger partial charge in [-0.15, -0.1) is 0 Å². The molecule has 0 saturated heterocycles. The molecule has 100 valence electrons. The van der Waals surface area contributed by atoms with E-state index in [0.29, 0.717) is 22.3 Å². The highest BCUT2D eigenvalue weighted by molar-refractivity contribution is 6.01. The SMILES string of the molecule is Cc1cccc(F)c1-n1cnc2cccc(C(=O)O)c21. The largest absolute Gasteiger partial charge is 0.478 e. The molecule has 0 amide bonds. The van der Waals surface area contributed by atoms with Crippen LogP contribution in [-0.2, 0) is 0 Å². The summed E-state index contributed by atoms with van der Waals surface area (Å²) in [7, 11) is 0. The van der Waals surface area contributed by atoms with Gasteiger partial charge in [0.15, 0.2) is 0 Å². The Kier molecular flexibility index (Phi) is 2.75. The average molecular weight is 270 g/mol. The van der Waals surface area contributed by atoms with Crippen molar-refractivity contribution in [2.45, 2.75) is 6.92 Å². The molecule has 2 aromatic carbocycles. The summed E-state index contributed by atoms with van der Waals surface area (Å²) in [5, 5.41) is 9.28. The molecule has 0 aliphatic rings. The summed E-state index contributed by atoms with van der Waals surface area (Å²) in [6.07, 6.45) is 1.45. The minimum Gasteiger partial charge on any atom is -0.478 e. The third-order valence-electron chi connectivity index (χ3n) is 3.23. The molecule has 1 heterocycles. The lowest BCUT2D eigenvalue weighted by Gasteiger charge is -2.10. The molecule has 0 unspecified atom stereocenters. The third-order valence-corrected chi connectivity index (χ3v) is 3.23. The zero-order valence-corrected chi connectivity index (χ0v) is 10.7. The van der Waals surface area contributed by atoms with Crippen molar-refractivity contribution >= 4 is 17.0 Å². The van der Waals surface area contributed by atoms with Crippen LogP contribution < -0.4 is 0 Å². The lowest BCUT2D eigenvalue weighted by Crippen LogP contribution is -2.04. The summed E-state index contributed by atoms with van der Waals surface area (Å²) in [6, 6.07) is 9.54. The Bertz CT molecular complexity index is 804. The highest BCUT2D eigenvalue weighted by atomic mass is 19.1. The van der Waals surface area contributed by atoms with Crippen LogP contribution in [0.2, 0.25) is 0 Å². The zero-order valence-electron chi connectivity index (χ0n) is 10.7. The van der Waals surface area contributed by atoms with E-state index in [0.717, 1.165) is 0 Å². The number of para-hydroxylation sites is 2. The molecule has 0 atom stereocenters. The van der Waals surface area contributed by atoms with Crippen LogP contribution in [0, 0.1) is 12.7 Å². The molecule has 0 fully saturated rings. The van der Waals surface area contributed by atoms with Crippen molar-refractivity contribution in [1.29, 1.82) is 0 Å². The molecule has 20 heavy (non-hydrogen) atoms. The number of halogens is 1. The second-order valence-corrected chi connectivity index (χ2v) is 4.50. The molecule has 1 N–H and O–H groups in total. The molecule has 0 saturated carbocycles. The highest BCUT2D eigenvalue weighted by Gasteiger charge is 2.17. The van der Waals surface area contributed by atoms with Crippen LogP contribution in [0.5, 0.6) is 0 Å².